The lowest BCUT2D eigenvalue weighted by Crippen LogP contribution is -1.90. The smallest absolute Gasteiger partial charge is 0.185 e. The van der Waals surface area contributed by atoms with E-state index in [9.17, 15) is 13.6 Å². The zero-order valence-electron chi connectivity index (χ0n) is 7.54. The van der Waals surface area contributed by atoms with E-state index >= 15 is 0 Å². The van der Waals surface area contributed by atoms with Crippen LogP contribution in [0, 0.1) is 11.6 Å². The third-order valence-electron chi connectivity index (χ3n) is 2.03. The van der Waals surface area contributed by atoms with E-state index in [1.54, 1.807) is 0 Å². The lowest BCUT2D eigenvalue weighted by Gasteiger charge is -2.01. The fraction of sp³-hybridized carbons (Fsp3) is 0. The number of carbonyl (C=O) groups excluding carboxylic acids is 1. The molecule has 76 valence electrons. The van der Waals surface area contributed by atoms with Crippen LogP contribution in [0.1, 0.15) is 10.6 Å². The molecule has 2 rings (SSSR count). The molecular weight excluding hydrogens is 202 g/mol. The molecule has 0 fully saturated rings. The molecule has 0 N–H and O–H groups in total. The van der Waals surface area contributed by atoms with Crippen LogP contribution in [-0.2, 0) is 0 Å². The maximum atomic E-state index is 13.3. The Labute approximate surface area is 84.1 Å². The summed E-state index contributed by atoms with van der Waals surface area (Å²) in [5, 5.41) is 0. The Morgan fingerprint density at radius 2 is 1.80 bits per heavy atom. The third kappa shape index (κ3) is 1.54. The standard InChI is InChI=1S/C11H6F2O2/c12-8-2-1-3-9(13)11(8)7-4-5-15-10(7)6-14/h1-6H. The van der Waals surface area contributed by atoms with E-state index in [4.69, 9.17) is 4.42 Å². The first-order valence-corrected chi connectivity index (χ1v) is 4.21. The maximum absolute atomic E-state index is 13.3. The summed E-state index contributed by atoms with van der Waals surface area (Å²) in [6.45, 7) is 0. The Morgan fingerprint density at radius 3 is 2.40 bits per heavy atom. The van der Waals surface area contributed by atoms with Crippen LogP contribution in [0.3, 0.4) is 0 Å². The largest absolute Gasteiger partial charge is 0.461 e. The van der Waals surface area contributed by atoms with Gasteiger partial charge in [-0.3, -0.25) is 4.79 Å². The fourth-order valence-corrected chi connectivity index (χ4v) is 1.37. The number of halogens is 2. The summed E-state index contributed by atoms with van der Waals surface area (Å²) in [7, 11) is 0. The van der Waals surface area contributed by atoms with Crippen molar-refractivity contribution >= 4 is 6.29 Å². The first-order valence-electron chi connectivity index (χ1n) is 4.21. The van der Waals surface area contributed by atoms with Crippen LogP contribution < -0.4 is 0 Å². The van der Waals surface area contributed by atoms with Gasteiger partial charge in [-0.1, -0.05) is 6.07 Å². The summed E-state index contributed by atoms with van der Waals surface area (Å²) in [5.74, 6) is -1.53. The van der Waals surface area contributed by atoms with Gasteiger partial charge >= 0.3 is 0 Å². The normalized spacial score (nSPS) is 10.3. The number of furan rings is 1. The van der Waals surface area contributed by atoms with Gasteiger partial charge in [0, 0.05) is 5.56 Å². The van der Waals surface area contributed by atoms with Crippen molar-refractivity contribution in [1.82, 2.24) is 0 Å². The highest BCUT2D eigenvalue weighted by Crippen LogP contribution is 2.28. The van der Waals surface area contributed by atoms with E-state index in [0.717, 1.165) is 12.1 Å². The second-order valence-corrected chi connectivity index (χ2v) is 2.91. The quantitative estimate of drug-likeness (QED) is 0.710. The van der Waals surface area contributed by atoms with E-state index in [1.165, 1.54) is 18.4 Å². The molecule has 15 heavy (non-hydrogen) atoms. The number of aldehydes is 1. The van der Waals surface area contributed by atoms with E-state index in [0.29, 0.717) is 6.29 Å². The summed E-state index contributed by atoms with van der Waals surface area (Å²) in [4.78, 5) is 10.5. The van der Waals surface area contributed by atoms with Crippen molar-refractivity contribution in [3.63, 3.8) is 0 Å². The molecular formula is C11H6F2O2. The molecule has 0 saturated heterocycles. The maximum Gasteiger partial charge on any atom is 0.185 e. The number of hydrogen-bond acceptors (Lipinski definition) is 2. The van der Waals surface area contributed by atoms with Crippen molar-refractivity contribution in [3.8, 4) is 11.1 Å². The molecule has 0 radical (unpaired) electrons. The lowest BCUT2D eigenvalue weighted by molar-refractivity contribution is 0.110. The topological polar surface area (TPSA) is 30.2 Å². The van der Waals surface area contributed by atoms with Crippen molar-refractivity contribution in [3.05, 3.63) is 47.9 Å². The van der Waals surface area contributed by atoms with Crippen LogP contribution in [0.25, 0.3) is 11.1 Å². The molecule has 0 spiro atoms. The zero-order valence-corrected chi connectivity index (χ0v) is 7.54. The van der Waals surface area contributed by atoms with Gasteiger partial charge in [-0.2, -0.15) is 0 Å². The van der Waals surface area contributed by atoms with Crippen molar-refractivity contribution < 1.29 is 18.0 Å². The number of rotatable bonds is 2. The summed E-state index contributed by atoms with van der Waals surface area (Å²) in [6, 6.07) is 4.86. The minimum absolute atomic E-state index is 0.0843. The monoisotopic (exact) mass is 208 g/mol. The van der Waals surface area contributed by atoms with Gasteiger partial charge < -0.3 is 4.42 Å². The van der Waals surface area contributed by atoms with Crippen molar-refractivity contribution in [2.24, 2.45) is 0 Å². The predicted octanol–water partition coefficient (Wildman–Crippen LogP) is 3.04. The van der Waals surface area contributed by atoms with E-state index in [-0.39, 0.29) is 16.9 Å². The average Bonchev–Trinajstić information content (AvgIpc) is 2.65. The summed E-state index contributed by atoms with van der Waals surface area (Å²) >= 11 is 0. The van der Waals surface area contributed by atoms with Crippen molar-refractivity contribution in [2.75, 3.05) is 0 Å². The van der Waals surface area contributed by atoms with Crippen LogP contribution in [0.4, 0.5) is 8.78 Å². The molecule has 1 heterocycles. The molecule has 0 unspecified atom stereocenters. The van der Waals surface area contributed by atoms with Crippen LogP contribution in [0.5, 0.6) is 0 Å². The van der Waals surface area contributed by atoms with Crippen molar-refractivity contribution in [1.29, 1.82) is 0 Å². The van der Waals surface area contributed by atoms with E-state index in [1.807, 2.05) is 0 Å². The van der Waals surface area contributed by atoms with Crippen LogP contribution in [-0.4, -0.2) is 6.29 Å². The van der Waals surface area contributed by atoms with Crippen molar-refractivity contribution in [2.45, 2.75) is 0 Å². The summed E-state index contributed by atoms with van der Waals surface area (Å²) in [6.07, 6.45) is 1.63. The third-order valence-corrected chi connectivity index (χ3v) is 2.03. The molecule has 2 nitrogen and oxygen atoms in total. The molecule has 1 aromatic heterocycles. The number of benzene rings is 1. The minimum Gasteiger partial charge on any atom is -0.461 e. The second-order valence-electron chi connectivity index (χ2n) is 2.91. The van der Waals surface area contributed by atoms with Gasteiger partial charge in [-0.25, -0.2) is 8.78 Å². The zero-order chi connectivity index (χ0) is 10.8. The molecule has 0 atom stereocenters. The Morgan fingerprint density at radius 1 is 1.13 bits per heavy atom. The first kappa shape index (κ1) is 9.58. The highest BCUT2D eigenvalue weighted by Gasteiger charge is 2.16. The molecule has 0 bridgehead atoms. The van der Waals surface area contributed by atoms with Gasteiger partial charge in [0.25, 0.3) is 0 Å². The highest BCUT2D eigenvalue weighted by atomic mass is 19.1. The van der Waals surface area contributed by atoms with Crippen LogP contribution >= 0.6 is 0 Å². The van der Waals surface area contributed by atoms with Gasteiger partial charge in [0.05, 0.1) is 11.8 Å². The van der Waals surface area contributed by atoms with Gasteiger partial charge in [0.1, 0.15) is 11.6 Å². The SMILES string of the molecule is O=Cc1occc1-c1c(F)cccc1F. The Hall–Kier alpha value is -1.97. The van der Waals surface area contributed by atoms with Crippen LogP contribution in [0.2, 0.25) is 0 Å². The Bertz CT molecular complexity index is 483. The summed E-state index contributed by atoms with van der Waals surface area (Å²) < 4.78 is 31.4. The second kappa shape index (κ2) is 3.65. The highest BCUT2D eigenvalue weighted by molar-refractivity contribution is 5.84. The summed E-state index contributed by atoms with van der Waals surface area (Å²) in [5.41, 5.74) is -0.117. The molecule has 0 aliphatic heterocycles. The molecule has 0 aliphatic rings. The Kier molecular flexibility index (Phi) is 2.33. The lowest BCUT2D eigenvalue weighted by atomic mass is 10.1. The van der Waals surface area contributed by atoms with Gasteiger partial charge in [0.2, 0.25) is 0 Å². The van der Waals surface area contributed by atoms with E-state index in [2.05, 4.69) is 0 Å². The molecule has 1 aromatic carbocycles. The number of hydrogen-bond donors (Lipinski definition) is 0. The molecule has 0 saturated carbocycles. The molecule has 0 amide bonds. The fourth-order valence-electron chi connectivity index (χ4n) is 1.37. The van der Waals surface area contributed by atoms with Crippen LogP contribution in [0.15, 0.2) is 34.9 Å². The number of carbonyl (C=O) groups is 1. The van der Waals surface area contributed by atoms with Gasteiger partial charge in [-0.15, -0.1) is 0 Å². The minimum atomic E-state index is -0.723. The Balaban J connectivity index is 2.68. The molecule has 0 aliphatic carbocycles. The predicted molar refractivity (Wildman–Crippen MR) is 49.4 cm³/mol. The van der Waals surface area contributed by atoms with Gasteiger partial charge in [-0.05, 0) is 18.2 Å². The molecule has 2 aromatic rings. The van der Waals surface area contributed by atoms with E-state index < -0.39 is 11.6 Å². The van der Waals surface area contributed by atoms with Gasteiger partial charge in [0.15, 0.2) is 12.0 Å². The average molecular weight is 208 g/mol. The first-order chi connectivity index (χ1) is 7.24. The molecule has 4 heteroatoms.